The van der Waals surface area contributed by atoms with Crippen molar-refractivity contribution in [1.29, 1.82) is 0 Å². The lowest BCUT2D eigenvalue weighted by molar-refractivity contribution is -0.130. The maximum absolute atomic E-state index is 12.7. The maximum Gasteiger partial charge on any atom is 0.152 e. The Morgan fingerprint density at radius 1 is 1.12 bits per heavy atom. The summed E-state index contributed by atoms with van der Waals surface area (Å²) in [5.41, 5.74) is 0.238. The quantitative estimate of drug-likeness (QED) is 0.724. The van der Waals surface area contributed by atoms with Gasteiger partial charge in [0.05, 0.1) is 4.75 Å². The zero-order chi connectivity index (χ0) is 11.8. The van der Waals surface area contributed by atoms with Crippen LogP contribution in [0.15, 0.2) is 0 Å². The normalized spacial score (nSPS) is 38.6. The SMILES string of the molecule is CC1(C(=O)C2CCCCC2(C)C)CCCS1. The molecule has 0 amide bonds. The van der Waals surface area contributed by atoms with Gasteiger partial charge in [-0.1, -0.05) is 26.7 Å². The molecule has 0 radical (unpaired) electrons. The summed E-state index contributed by atoms with van der Waals surface area (Å²) in [6.07, 6.45) is 7.23. The van der Waals surface area contributed by atoms with Gasteiger partial charge in [0.15, 0.2) is 5.78 Å². The molecule has 2 heteroatoms. The van der Waals surface area contributed by atoms with E-state index in [1.54, 1.807) is 0 Å². The molecular weight excluding hydrogens is 216 g/mol. The van der Waals surface area contributed by atoms with Crippen LogP contribution in [0.1, 0.15) is 59.3 Å². The second kappa shape index (κ2) is 4.36. The van der Waals surface area contributed by atoms with Crippen molar-refractivity contribution in [3.63, 3.8) is 0 Å². The van der Waals surface area contributed by atoms with Gasteiger partial charge in [-0.15, -0.1) is 11.8 Å². The predicted octanol–water partition coefficient (Wildman–Crippen LogP) is 4.06. The molecule has 92 valence electrons. The van der Waals surface area contributed by atoms with Crippen molar-refractivity contribution in [3.8, 4) is 0 Å². The van der Waals surface area contributed by atoms with Crippen molar-refractivity contribution >= 4 is 17.5 Å². The molecule has 1 heterocycles. The van der Waals surface area contributed by atoms with E-state index in [0.717, 1.165) is 12.8 Å². The summed E-state index contributed by atoms with van der Waals surface area (Å²) < 4.78 is -0.0563. The van der Waals surface area contributed by atoms with Gasteiger partial charge in [-0.25, -0.2) is 0 Å². The van der Waals surface area contributed by atoms with Crippen molar-refractivity contribution < 1.29 is 4.79 Å². The number of hydrogen-bond donors (Lipinski definition) is 0. The number of carbonyl (C=O) groups excluding carboxylic acids is 1. The molecule has 2 atom stereocenters. The Morgan fingerprint density at radius 3 is 2.44 bits per heavy atom. The van der Waals surface area contributed by atoms with Gasteiger partial charge in [0.25, 0.3) is 0 Å². The molecule has 1 saturated heterocycles. The zero-order valence-corrected chi connectivity index (χ0v) is 11.7. The van der Waals surface area contributed by atoms with Crippen LogP contribution in [0.3, 0.4) is 0 Å². The van der Waals surface area contributed by atoms with Gasteiger partial charge in [0.1, 0.15) is 0 Å². The number of thioether (sulfide) groups is 1. The van der Waals surface area contributed by atoms with Gasteiger partial charge >= 0.3 is 0 Å². The summed E-state index contributed by atoms with van der Waals surface area (Å²) in [4.78, 5) is 12.7. The van der Waals surface area contributed by atoms with Crippen LogP contribution in [0.5, 0.6) is 0 Å². The van der Waals surface area contributed by atoms with Crippen LogP contribution in [-0.2, 0) is 4.79 Å². The Morgan fingerprint density at radius 2 is 1.88 bits per heavy atom. The predicted molar refractivity (Wildman–Crippen MR) is 70.8 cm³/mol. The Labute approximate surface area is 104 Å². The van der Waals surface area contributed by atoms with Crippen molar-refractivity contribution in [3.05, 3.63) is 0 Å². The minimum atomic E-state index is -0.0563. The van der Waals surface area contributed by atoms with E-state index in [1.165, 1.54) is 31.4 Å². The van der Waals surface area contributed by atoms with Crippen LogP contribution >= 0.6 is 11.8 Å². The van der Waals surface area contributed by atoms with Gasteiger partial charge in [0.2, 0.25) is 0 Å². The maximum atomic E-state index is 12.7. The van der Waals surface area contributed by atoms with Crippen molar-refractivity contribution in [2.24, 2.45) is 11.3 Å². The van der Waals surface area contributed by atoms with Crippen molar-refractivity contribution in [2.75, 3.05) is 5.75 Å². The van der Waals surface area contributed by atoms with Gasteiger partial charge in [0, 0.05) is 5.92 Å². The van der Waals surface area contributed by atoms with Crippen molar-refractivity contribution in [2.45, 2.75) is 64.0 Å². The fraction of sp³-hybridized carbons (Fsp3) is 0.929. The molecule has 2 unspecified atom stereocenters. The Kier molecular flexibility index (Phi) is 3.40. The zero-order valence-electron chi connectivity index (χ0n) is 10.8. The second-order valence-corrected chi connectivity index (χ2v) is 7.93. The molecule has 16 heavy (non-hydrogen) atoms. The highest BCUT2D eigenvalue weighted by Crippen LogP contribution is 2.48. The van der Waals surface area contributed by atoms with E-state index in [-0.39, 0.29) is 10.2 Å². The molecule has 0 aromatic heterocycles. The lowest BCUT2D eigenvalue weighted by Crippen LogP contribution is -2.43. The highest BCUT2D eigenvalue weighted by Gasteiger charge is 2.46. The molecule has 1 aliphatic heterocycles. The topological polar surface area (TPSA) is 17.1 Å². The van der Waals surface area contributed by atoms with Gasteiger partial charge in [-0.3, -0.25) is 4.79 Å². The summed E-state index contributed by atoms with van der Waals surface area (Å²) in [6.45, 7) is 6.76. The Balaban J connectivity index is 2.13. The van der Waals surface area contributed by atoms with Gasteiger partial charge < -0.3 is 0 Å². The lowest BCUT2D eigenvalue weighted by atomic mass is 9.65. The molecule has 1 aliphatic carbocycles. The monoisotopic (exact) mass is 240 g/mol. The van der Waals surface area contributed by atoms with Crippen LogP contribution in [0.4, 0.5) is 0 Å². The highest BCUT2D eigenvalue weighted by atomic mass is 32.2. The van der Waals surface area contributed by atoms with Crippen molar-refractivity contribution in [1.82, 2.24) is 0 Å². The first-order valence-electron chi connectivity index (χ1n) is 6.64. The summed E-state index contributed by atoms with van der Waals surface area (Å²) >= 11 is 1.90. The molecular formula is C14H24OS. The van der Waals surface area contributed by atoms with Crippen LogP contribution in [0.2, 0.25) is 0 Å². The Bertz CT molecular complexity index is 276. The fourth-order valence-corrected chi connectivity index (χ4v) is 4.63. The summed E-state index contributed by atoms with van der Waals surface area (Å²) in [7, 11) is 0. The van der Waals surface area contributed by atoms with E-state index in [1.807, 2.05) is 11.8 Å². The van der Waals surface area contributed by atoms with Gasteiger partial charge in [-0.2, -0.15) is 0 Å². The summed E-state index contributed by atoms with van der Waals surface area (Å²) in [5, 5.41) is 0. The molecule has 0 aromatic rings. The number of rotatable bonds is 2. The van der Waals surface area contributed by atoms with Crippen LogP contribution in [-0.4, -0.2) is 16.3 Å². The number of ketones is 1. The van der Waals surface area contributed by atoms with Crippen LogP contribution < -0.4 is 0 Å². The largest absolute Gasteiger partial charge is 0.298 e. The first-order chi connectivity index (χ1) is 7.46. The molecule has 0 aromatic carbocycles. The average Bonchev–Trinajstić information content (AvgIpc) is 2.65. The third-order valence-electron chi connectivity index (χ3n) is 4.56. The van der Waals surface area contributed by atoms with E-state index in [9.17, 15) is 4.79 Å². The summed E-state index contributed by atoms with van der Waals surface area (Å²) in [5.74, 6) is 2.05. The van der Waals surface area contributed by atoms with E-state index < -0.39 is 0 Å². The number of carbonyl (C=O) groups is 1. The first kappa shape index (κ1) is 12.5. The van der Waals surface area contributed by atoms with E-state index in [4.69, 9.17) is 0 Å². The summed E-state index contributed by atoms with van der Waals surface area (Å²) in [6, 6.07) is 0. The Hall–Kier alpha value is 0.0200. The standard InChI is InChI=1S/C14H24OS/c1-13(2)8-5-4-7-11(13)12(15)14(3)9-6-10-16-14/h11H,4-10H2,1-3H3. The van der Waals surface area contributed by atoms with E-state index >= 15 is 0 Å². The smallest absolute Gasteiger partial charge is 0.152 e. The van der Waals surface area contributed by atoms with Crippen LogP contribution in [0, 0.1) is 11.3 Å². The fourth-order valence-electron chi connectivity index (χ4n) is 3.32. The van der Waals surface area contributed by atoms with Crippen LogP contribution in [0.25, 0.3) is 0 Å². The number of hydrogen-bond acceptors (Lipinski definition) is 2. The van der Waals surface area contributed by atoms with E-state index in [0.29, 0.717) is 11.7 Å². The number of Topliss-reactive ketones (excluding diaryl/α,β-unsaturated/α-hetero) is 1. The molecule has 2 aliphatic rings. The molecule has 0 spiro atoms. The minimum absolute atomic E-state index is 0.0563. The third kappa shape index (κ3) is 2.18. The molecule has 2 fully saturated rings. The first-order valence-corrected chi connectivity index (χ1v) is 7.63. The second-order valence-electron chi connectivity index (χ2n) is 6.33. The van der Waals surface area contributed by atoms with Gasteiger partial charge in [-0.05, 0) is 43.8 Å². The molecule has 0 bridgehead atoms. The average molecular weight is 240 g/mol. The third-order valence-corrected chi connectivity index (χ3v) is 6.10. The highest BCUT2D eigenvalue weighted by molar-refractivity contribution is 8.01. The minimum Gasteiger partial charge on any atom is -0.298 e. The molecule has 1 nitrogen and oxygen atoms in total. The molecule has 1 saturated carbocycles. The lowest BCUT2D eigenvalue weighted by Gasteiger charge is -2.41. The molecule has 2 rings (SSSR count). The molecule has 0 N–H and O–H groups in total. The van der Waals surface area contributed by atoms with E-state index in [2.05, 4.69) is 20.8 Å².